The number of hydrogen-bond donors (Lipinski definition) is 3. The first-order valence-corrected chi connectivity index (χ1v) is 12.1. The second-order valence-corrected chi connectivity index (χ2v) is 8.71. The molecule has 0 saturated heterocycles. The predicted molar refractivity (Wildman–Crippen MR) is 136 cm³/mol. The van der Waals surface area contributed by atoms with Crippen LogP contribution in [0.3, 0.4) is 0 Å². The fourth-order valence-corrected chi connectivity index (χ4v) is 3.99. The largest absolute Gasteiger partial charge is 0.494 e. The molecule has 0 aliphatic carbocycles. The van der Waals surface area contributed by atoms with Crippen molar-refractivity contribution in [2.24, 2.45) is 5.73 Å². The minimum atomic E-state index is -0.655. The highest BCUT2D eigenvalue weighted by Crippen LogP contribution is 2.16. The van der Waals surface area contributed by atoms with Gasteiger partial charge in [0.1, 0.15) is 5.75 Å². The van der Waals surface area contributed by atoms with Crippen LogP contribution in [-0.2, 0) is 19.4 Å². The highest BCUT2D eigenvalue weighted by atomic mass is 16.5. The first-order valence-electron chi connectivity index (χ1n) is 12.1. The van der Waals surface area contributed by atoms with Gasteiger partial charge in [-0.3, -0.25) is 0 Å². The molecule has 176 valence electrons. The summed E-state index contributed by atoms with van der Waals surface area (Å²) >= 11 is 0. The number of ether oxygens (including phenoxy) is 1. The van der Waals surface area contributed by atoms with Gasteiger partial charge in [0.05, 0.1) is 12.7 Å². The van der Waals surface area contributed by atoms with Crippen molar-refractivity contribution >= 4 is 0 Å². The van der Waals surface area contributed by atoms with Gasteiger partial charge in [-0.2, -0.15) is 0 Å². The fourth-order valence-electron chi connectivity index (χ4n) is 3.99. The molecule has 0 fully saturated rings. The van der Waals surface area contributed by atoms with Crippen molar-refractivity contribution in [1.29, 1.82) is 0 Å². The van der Waals surface area contributed by atoms with Crippen molar-refractivity contribution < 1.29 is 9.84 Å². The minimum absolute atomic E-state index is 0.117. The Hall–Kier alpha value is -2.66. The van der Waals surface area contributed by atoms with Gasteiger partial charge in [-0.05, 0) is 54.5 Å². The maximum absolute atomic E-state index is 11.2. The molecule has 0 radical (unpaired) electrons. The third-order valence-electron chi connectivity index (χ3n) is 5.99. The molecule has 0 spiro atoms. The summed E-state index contributed by atoms with van der Waals surface area (Å²) in [5.74, 6) is 0.893. The van der Waals surface area contributed by atoms with E-state index in [9.17, 15) is 5.11 Å². The monoisotopic (exact) mass is 446 g/mol. The molecule has 4 nitrogen and oxygen atoms in total. The van der Waals surface area contributed by atoms with E-state index in [0.717, 1.165) is 49.2 Å². The Bertz CT molecular complexity index is 917. The summed E-state index contributed by atoms with van der Waals surface area (Å²) in [6.45, 7) is 3.55. The molecule has 4 N–H and O–H groups in total. The first kappa shape index (κ1) is 25.0. The van der Waals surface area contributed by atoms with Crippen molar-refractivity contribution in [3.63, 3.8) is 0 Å². The molecule has 0 unspecified atom stereocenters. The summed E-state index contributed by atoms with van der Waals surface area (Å²) in [5, 5.41) is 14.8. The van der Waals surface area contributed by atoms with E-state index in [1.807, 2.05) is 36.4 Å². The van der Waals surface area contributed by atoms with Crippen LogP contribution in [0.5, 0.6) is 5.75 Å². The third-order valence-corrected chi connectivity index (χ3v) is 5.99. The SMILES string of the molecule is CCCCOc1cccc(CN[C@H](CCc2ccccc2)[C@@H](O)[C@H](N)Cc2ccccc2)c1. The van der Waals surface area contributed by atoms with Gasteiger partial charge in [0, 0.05) is 18.6 Å². The van der Waals surface area contributed by atoms with Gasteiger partial charge in [-0.15, -0.1) is 0 Å². The quantitative estimate of drug-likeness (QED) is 0.309. The Morgan fingerprint density at radius 2 is 1.55 bits per heavy atom. The molecular weight excluding hydrogens is 408 g/mol. The number of aliphatic hydroxyl groups is 1. The second kappa shape index (κ2) is 13.8. The highest BCUT2D eigenvalue weighted by molar-refractivity contribution is 5.28. The van der Waals surface area contributed by atoms with Crippen LogP contribution in [0, 0.1) is 0 Å². The topological polar surface area (TPSA) is 67.5 Å². The number of benzene rings is 3. The summed E-state index contributed by atoms with van der Waals surface area (Å²) in [6.07, 6.45) is 3.85. The number of unbranched alkanes of at least 4 members (excludes halogenated alkanes) is 1. The number of nitrogens with one attached hydrogen (secondary N) is 1. The van der Waals surface area contributed by atoms with E-state index in [1.165, 1.54) is 5.56 Å². The van der Waals surface area contributed by atoms with E-state index in [-0.39, 0.29) is 12.1 Å². The van der Waals surface area contributed by atoms with E-state index in [4.69, 9.17) is 10.5 Å². The molecule has 0 aliphatic heterocycles. The van der Waals surface area contributed by atoms with Crippen molar-refractivity contribution in [3.8, 4) is 5.75 Å². The Morgan fingerprint density at radius 1 is 0.879 bits per heavy atom. The molecular formula is C29H38N2O2. The van der Waals surface area contributed by atoms with Crippen LogP contribution in [0.1, 0.15) is 42.9 Å². The molecule has 4 heteroatoms. The number of nitrogens with two attached hydrogens (primary N) is 1. The number of hydrogen-bond acceptors (Lipinski definition) is 4. The van der Waals surface area contributed by atoms with Crippen molar-refractivity contribution in [2.75, 3.05) is 6.61 Å². The maximum atomic E-state index is 11.2. The van der Waals surface area contributed by atoms with E-state index < -0.39 is 6.10 Å². The fraction of sp³-hybridized carbons (Fsp3) is 0.379. The lowest BCUT2D eigenvalue weighted by molar-refractivity contribution is 0.0957. The van der Waals surface area contributed by atoms with Crippen molar-refractivity contribution in [3.05, 3.63) is 102 Å². The van der Waals surface area contributed by atoms with Crippen LogP contribution >= 0.6 is 0 Å². The molecule has 0 bridgehead atoms. The van der Waals surface area contributed by atoms with Crippen molar-refractivity contribution in [2.45, 2.75) is 63.8 Å². The lowest BCUT2D eigenvalue weighted by atomic mass is 9.93. The molecule has 3 aromatic carbocycles. The van der Waals surface area contributed by atoms with E-state index in [1.54, 1.807) is 0 Å². The molecule has 0 saturated carbocycles. The normalized spacial score (nSPS) is 13.9. The van der Waals surface area contributed by atoms with Crippen LogP contribution in [0.2, 0.25) is 0 Å². The average molecular weight is 447 g/mol. The maximum Gasteiger partial charge on any atom is 0.119 e. The summed E-state index contributed by atoms with van der Waals surface area (Å²) < 4.78 is 5.85. The number of aliphatic hydroxyl groups excluding tert-OH is 1. The van der Waals surface area contributed by atoms with Crippen LogP contribution in [0.4, 0.5) is 0 Å². The van der Waals surface area contributed by atoms with Gasteiger partial charge in [-0.1, -0.05) is 86.1 Å². The predicted octanol–water partition coefficient (Wildman–Crippen LogP) is 4.89. The summed E-state index contributed by atoms with van der Waals surface area (Å²) in [7, 11) is 0. The number of rotatable bonds is 14. The summed E-state index contributed by atoms with van der Waals surface area (Å²) in [5.41, 5.74) is 10.0. The van der Waals surface area contributed by atoms with Gasteiger partial charge >= 0.3 is 0 Å². The third kappa shape index (κ3) is 8.65. The van der Waals surface area contributed by atoms with Crippen LogP contribution < -0.4 is 15.8 Å². The zero-order valence-electron chi connectivity index (χ0n) is 19.7. The standard InChI is InChI=1S/C29H38N2O2/c1-2-3-19-33-26-16-10-15-25(20-26)22-31-28(18-17-23-11-6-4-7-12-23)29(32)27(30)21-24-13-8-5-9-14-24/h4-16,20,27-29,31-32H,2-3,17-19,21-22,30H2,1H3/t27-,28-,29+/m1/s1. The minimum Gasteiger partial charge on any atom is -0.494 e. The van der Waals surface area contributed by atoms with Gasteiger partial charge in [0.15, 0.2) is 0 Å². The summed E-state index contributed by atoms with van der Waals surface area (Å²) in [4.78, 5) is 0. The van der Waals surface area contributed by atoms with Gasteiger partial charge in [0.25, 0.3) is 0 Å². The van der Waals surface area contributed by atoms with Gasteiger partial charge < -0.3 is 20.9 Å². The Morgan fingerprint density at radius 3 is 2.24 bits per heavy atom. The van der Waals surface area contributed by atoms with Crippen LogP contribution in [0.25, 0.3) is 0 Å². The molecule has 33 heavy (non-hydrogen) atoms. The lowest BCUT2D eigenvalue weighted by Gasteiger charge is -2.29. The Kier molecular flexibility index (Phi) is 10.4. The molecule has 0 heterocycles. The lowest BCUT2D eigenvalue weighted by Crippen LogP contribution is -2.50. The van der Waals surface area contributed by atoms with Gasteiger partial charge in [-0.25, -0.2) is 0 Å². The van der Waals surface area contributed by atoms with E-state index in [2.05, 4.69) is 60.8 Å². The van der Waals surface area contributed by atoms with Crippen LogP contribution in [0.15, 0.2) is 84.9 Å². The average Bonchev–Trinajstić information content (AvgIpc) is 2.85. The molecule has 0 amide bonds. The van der Waals surface area contributed by atoms with Crippen LogP contribution in [-0.4, -0.2) is 29.9 Å². The molecule has 3 aromatic rings. The summed E-state index contributed by atoms with van der Waals surface area (Å²) in [6, 6.07) is 28.3. The highest BCUT2D eigenvalue weighted by Gasteiger charge is 2.25. The number of aryl methyl sites for hydroxylation is 1. The molecule has 3 atom stereocenters. The second-order valence-electron chi connectivity index (χ2n) is 8.71. The van der Waals surface area contributed by atoms with Gasteiger partial charge in [0.2, 0.25) is 0 Å². The Balaban J connectivity index is 1.64. The molecule has 3 rings (SSSR count). The van der Waals surface area contributed by atoms with E-state index in [0.29, 0.717) is 13.0 Å². The Labute approximate surface area is 198 Å². The molecule has 0 aromatic heterocycles. The smallest absolute Gasteiger partial charge is 0.119 e. The zero-order chi connectivity index (χ0) is 23.3. The molecule has 0 aliphatic rings. The van der Waals surface area contributed by atoms with E-state index >= 15 is 0 Å². The first-order chi connectivity index (χ1) is 16.2. The van der Waals surface area contributed by atoms with Crippen molar-refractivity contribution in [1.82, 2.24) is 5.32 Å². The zero-order valence-corrected chi connectivity index (χ0v) is 19.7.